The van der Waals surface area contributed by atoms with Crippen LogP contribution in [0.3, 0.4) is 0 Å². The van der Waals surface area contributed by atoms with E-state index in [0.717, 1.165) is 22.6 Å². The van der Waals surface area contributed by atoms with Gasteiger partial charge in [-0.1, -0.05) is 6.07 Å². The summed E-state index contributed by atoms with van der Waals surface area (Å²) in [5.41, 5.74) is 2.82. The highest BCUT2D eigenvalue weighted by Gasteiger charge is 2.18. The number of pyridine rings is 1. The normalized spacial score (nSPS) is 10.3. The molecule has 0 aliphatic heterocycles. The van der Waals surface area contributed by atoms with Crippen LogP contribution in [0.15, 0.2) is 60.9 Å². The fourth-order valence-corrected chi connectivity index (χ4v) is 3.58. The summed E-state index contributed by atoms with van der Waals surface area (Å²) in [4.78, 5) is 6.28. The minimum Gasteiger partial charge on any atom is -0.496 e. The Labute approximate surface area is 200 Å². The molecular formula is C25H29N3O4S. The van der Waals surface area contributed by atoms with E-state index in [1.165, 1.54) is 0 Å². The Morgan fingerprint density at radius 2 is 1.64 bits per heavy atom. The molecule has 3 rings (SSSR count). The molecule has 0 atom stereocenters. The van der Waals surface area contributed by atoms with E-state index in [4.69, 9.17) is 31.2 Å². The average molecular weight is 468 g/mol. The lowest BCUT2D eigenvalue weighted by Gasteiger charge is -2.27. The summed E-state index contributed by atoms with van der Waals surface area (Å²) in [5.74, 6) is 2.73. The van der Waals surface area contributed by atoms with Crippen LogP contribution in [0.5, 0.6) is 23.0 Å². The van der Waals surface area contributed by atoms with Gasteiger partial charge in [-0.3, -0.25) is 4.98 Å². The van der Waals surface area contributed by atoms with Crippen molar-refractivity contribution in [2.24, 2.45) is 0 Å². The largest absolute Gasteiger partial charge is 0.496 e. The van der Waals surface area contributed by atoms with Crippen LogP contribution >= 0.6 is 12.2 Å². The third-order valence-electron chi connectivity index (χ3n) is 4.95. The van der Waals surface area contributed by atoms with E-state index >= 15 is 0 Å². The molecule has 7 nitrogen and oxygen atoms in total. The zero-order chi connectivity index (χ0) is 23.6. The molecule has 1 heterocycles. The molecule has 0 radical (unpaired) electrons. The van der Waals surface area contributed by atoms with Gasteiger partial charge in [0.15, 0.2) is 16.6 Å². The van der Waals surface area contributed by atoms with Crippen LogP contribution in [-0.4, -0.2) is 42.9 Å². The van der Waals surface area contributed by atoms with Gasteiger partial charge in [0.25, 0.3) is 0 Å². The monoisotopic (exact) mass is 467 g/mol. The van der Waals surface area contributed by atoms with E-state index in [1.54, 1.807) is 27.5 Å². The van der Waals surface area contributed by atoms with Gasteiger partial charge in [0.1, 0.15) is 11.5 Å². The molecule has 2 aromatic carbocycles. The third-order valence-corrected chi connectivity index (χ3v) is 5.31. The second kappa shape index (κ2) is 11.9. The minimum absolute atomic E-state index is 0.487. The lowest BCUT2D eigenvalue weighted by molar-refractivity contribution is 0.340. The van der Waals surface area contributed by atoms with E-state index in [0.29, 0.717) is 42.1 Å². The summed E-state index contributed by atoms with van der Waals surface area (Å²) in [7, 11) is 4.84. The summed E-state index contributed by atoms with van der Waals surface area (Å²) in [6, 6.07) is 15.4. The van der Waals surface area contributed by atoms with Crippen molar-refractivity contribution in [1.29, 1.82) is 0 Å². The first-order valence-electron chi connectivity index (χ1n) is 10.5. The molecule has 8 heteroatoms. The maximum absolute atomic E-state index is 5.80. The summed E-state index contributed by atoms with van der Waals surface area (Å²) in [6.45, 7) is 3.63. The molecule has 0 fully saturated rings. The van der Waals surface area contributed by atoms with Crippen molar-refractivity contribution in [3.63, 3.8) is 0 Å². The molecule has 174 valence electrons. The minimum atomic E-state index is 0.487. The predicted octanol–water partition coefficient (Wildman–Crippen LogP) is 4.91. The van der Waals surface area contributed by atoms with Crippen LogP contribution in [-0.2, 0) is 13.1 Å². The summed E-state index contributed by atoms with van der Waals surface area (Å²) < 4.78 is 22.1. The lowest BCUT2D eigenvalue weighted by Crippen LogP contribution is -2.34. The smallest absolute Gasteiger partial charge is 0.174 e. The lowest BCUT2D eigenvalue weighted by atomic mass is 10.1. The Bertz CT molecular complexity index is 1050. The zero-order valence-electron chi connectivity index (χ0n) is 19.3. The van der Waals surface area contributed by atoms with Gasteiger partial charge in [0.05, 0.1) is 27.9 Å². The molecule has 0 amide bonds. The standard InChI is InChI=1S/C25H29N3O4S/c1-5-32-21-10-8-20(9-11-21)27-25(33)28(16-18-7-6-12-26-15-18)17-19-13-23(30-3)24(31-4)14-22(19)29-2/h6-15H,5,16-17H2,1-4H3,(H,27,33). The molecule has 0 bridgehead atoms. The Balaban J connectivity index is 1.87. The van der Waals surface area contributed by atoms with Crippen molar-refractivity contribution in [1.82, 2.24) is 9.88 Å². The quantitative estimate of drug-likeness (QED) is 0.422. The van der Waals surface area contributed by atoms with Crippen LogP contribution in [0, 0.1) is 0 Å². The van der Waals surface area contributed by atoms with Gasteiger partial charge in [-0.05, 0) is 61.1 Å². The van der Waals surface area contributed by atoms with Crippen molar-refractivity contribution >= 4 is 23.0 Å². The molecule has 0 unspecified atom stereocenters. The molecule has 0 spiro atoms. The summed E-state index contributed by atoms with van der Waals surface area (Å²) >= 11 is 5.80. The molecule has 33 heavy (non-hydrogen) atoms. The number of nitrogens with one attached hydrogen (secondary N) is 1. The number of nitrogens with zero attached hydrogens (tertiary/aromatic N) is 2. The predicted molar refractivity (Wildman–Crippen MR) is 133 cm³/mol. The van der Waals surface area contributed by atoms with E-state index in [-0.39, 0.29) is 0 Å². The second-order valence-corrected chi connectivity index (χ2v) is 7.51. The molecule has 1 aromatic heterocycles. The molecule has 3 aromatic rings. The van der Waals surface area contributed by atoms with Crippen LogP contribution < -0.4 is 24.3 Å². The van der Waals surface area contributed by atoms with Crippen molar-refractivity contribution in [2.45, 2.75) is 20.0 Å². The Morgan fingerprint density at radius 1 is 0.939 bits per heavy atom. The molecular weight excluding hydrogens is 438 g/mol. The maximum Gasteiger partial charge on any atom is 0.174 e. The highest BCUT2D eigenvalue weighted by atomic mass is 32.1. The first-order valence-corrected chi connectivity index (χ1v) is 10.9. The highest BCUT2D eigenvalue weighted by Crippen LogP contribution is 2.35. The number of anilines is 1. The van der Waals surface area contributed by atoms with Crippen LogP contribution in [0.1, 0.15) is 18.1 Å². The zero-order valence-corrected chi connectivity index (χ0v) is 20.1. The van der Waals surface area contributed by atoms with E-state index in [9.17, 15) is 0 Å². The Morgan fingerprint density at radius 3 is 2.24 bits per heavy atom. The van der Waals surface area contributed by atoms with Gasteiger partial charge in [0, 0.05) is 42.8 Å². The molecule has 0 saturated heterocycles. The van der Waals surface area contributed by atoms with Crippen molar-refractivity contribution < 1.29 is 18.9 Å². The van der Waals surface area contributed by atoms with E-state index in [1.807, 2.05) is 66.6 Å². The number of aromatic nitrogens is 1. The van der Waals surface area contributed by atoms with Gasteiger partial charge in [-0.15, -0.1) is 0 Å². The van der Waals surface area contributed by atoms with Gasteiger partial charge in [-0.25, -0.2) is 0 Å². The third kappa shape index (κ3) is 6.49. The van der Waals surface area contributed by atoms with Crippen molar-refractivity contribution in [2.75, 3.05) is 33.3 Å². The van der Waals surface area contributed by atoms with Crippen LogP contribution in [0.25, 0.3) is 0 Å². The van der Waals surface area contributed by atoms with Gasteiger partial charge >= 0.3 is 0 Å². The fourth-order valence-electron chi connectivity index (χ4n) is 3.34. The number of hydrogen-bond donors (Lipinski definition) is 1. The van der Waals surface area contributed by atoms with Crippen molar-refractivity contribution in [3.8, 4) is 23.0 Å². The molecule has 0 saturated carbocycles. The van der Waals surface area contributed by atoms with E-state index < -0.39 is 0 Å². The number of benzene rings is 2. The van der Waals surface area contributed by atoms with Crippen LogP contribution in [0.2, 0.25) is 0 Å². The Hall–Kier alpha value is -3.52. The maximum atomic E-state index is 5.80. The average Bonchev–Trinajstić information content (AvgIpc) is 2.85. The number of ether oxygens (including phenoxy) is 4. The molecule has 0 aliphatic carbocycles. The van der Waals surface area contributed by atoms with Gasteiger partial charge < -0.3 is 29.2 Å². The molecule has 0 aliphatic rings. The topological polar surface area (TPSA) is 65.1 Å². The van der Waals surface area contributed by atoms with Crippen molar-refractivity contribution in [3.05, 3.63) is 72.1 Å². The number of hydrogen-bond acceptors (Lipinski definition) is 6. The first-order chi connectivity index (χ1) is 16.1. The number of rotatable bonds is 10. The highest BCUT2D eigenvalue weighted by molar-refractivity contribution is 7.80. The summed E-state index contributed by atoms with van der Waals surface area (Å²) in [5, 5.41) is 3.89. The second-order valence-electron chi connectivity index (χ2n) is 7.12. The number of thiocarbonyl (C=S) groups is 1. The summed E-state index contributed by atoms with van der Waals surface area (Å²) in [6.07, 6.45) is 3.58. The Kier molecular flexibility index (Phi) is 8.71. The molecule has 1 N–H and O–H groups in total. The number of methoxy groups -OCH3 is 3. The van der Waals surface area contributed by atoms with Crippen LogP contribution in [0.4, 0.5) is 5.69 Å². The fraction of sp³-hybridized carbons (Fsp3) is 0.280. The van der Waals surface area contributed by atoms with Gasteiger partial charge in [-0.2, -0.15) is 0 Å². The SMILES string of the molecule is CCOc1ccc(NC(=S)N(Cc2cccnc2)Cc2cc(OC)c(OC)cc2OC)cc1. The van der Waals surface area contributed by atoms with Gasteiger partial charge in [0.2, 0.25) is 0 Å². The van der Waals surface area contributed by atoms with E-state index in [2.05, 4.69) is 10.3 Å². The first kappa shape index (κ1) is 24.1.